The van der Waals surface area contributed by atoms with Gasteiger partial charge in [-0.3, -0.25) is 9.69 Å². The Morgan fingerprint density at radius 3 is 2.67 bits per heavy atom. The Hall–Kier alpha value is -0.870. The maximum Gasteiger partial charge on any atom is 0.0537 e. The Morgan fingerprint density at radius 1 is 1.58 bits per heavy atom. The van der Waals surface area contributed by atoms with Crippen LogP contribution in [0.1, 0.15) is 18.5 Å². The molecule has 0 spiro atoms. The Kier molecular flexibility index (Phi) is 2.83. The van der Waals surface area contributed by atoms with Crippen LogP contribution in [0.2, 0.25) is 0 Å². The maximum absolute atomic E-state index is 4.10. The molecule has 4 nitrogen and oxygen atoms in total. The number of hydrogen-bond acceptors (Lipinski definition) is 3. The van der Waals surface area contributed by atoms with E-state index in [0.717, 1.165) is 0 Å². The highest BCUT2D eigenvalue weighted by Crippen LogP contribution is 2.09. The van der Waals surface area contributed by atoms with E-state index in [-0.39, 0.29) is 0 Å². The number of rotatable bonds is 3. The van der Waals surface area contributed by atoms with Crippen molar-refractivity contribution >= 4 is 0 Å². The van der Waals surface area contributed by atoms with Crippen molar-refractivity contribution in [3.8, 4) is 0 Å². The van der Waals surface area contributed by atoms with Gasteiger partial charge in [-0.05, 0) is 6.92 Å². The van der Waals surface area contributed by atoms with Crippen molar-refractivity contribution in [2.24, 2.45) is 7.05 Å². The molecule has 0 saturated carbocycles. The van der Waals surface area contributed by atoms with Gasteiger partial charge in [0.25, 0.3) is 0 Å². The van der Waals surface area contributed by atoms with Crippen molar-refractivity contribution in [2.75, 3.05) is 14.1 Å². The minimum absolute atomic E-state index is 0.314. The van der Waals surface area contributed by atoms with E-state index in [1.165, 1.54) is 5.56 Å². The summed E-state index contributed by atoms with van der Waals surface area (Å²) in [6.45, 7) is 2.11. The van der Waals surface area contributed by atoms with Gasteiger partial charge in [0.2, 0.25) is 0 Å². The third-order valence-electron chi connectivity index (χ3n) is 1.68. The molecular formula is C8H16N4. The first-order chi connectivity index (χ1) is 5.59. The van der Waals surface area contributed by atoms with E-state index in [1.54, 1.807) is 0 Å². The highest BCUT2D eigenvalue weighted by Gasteiger charge is 2.06. The molecule has 1 aromatic heterocycles. The predicted molar refractivity (Wildman–Crippen MR) is 48.4 cm³/mol. The zero-order valence-corrected chi connectivity index (χ0v) is 8.07. The number of nitrogens with one attached hydrogen (secondary N) is 1. The highest BCUT2D eigenvalue weighted by molar-refractivity contribution is 5.08. The van der Waals surface area contributed by atoms with Crippen LogP contribution >= 0.6 is 0 Å². The van der Waals surface area contributed by atoms with Crippen LogP contribution in [0.25, 0.3) is 0 Å². The summed E-state index contributed by atoms with van der Waals surface area (Å²) in [6.07, 6.45) is 3.89. The van der Waals surface area contributed by atoms with Gasteiger partial charge in [0.1, 0.15) is 0 Å². The summed E-state index contributed by atoms with van der Waals surface area (Å²) in [6, 6.07) is 0.314. The van der Waals surface area contributed by atoms with Gasteiger partial charge in [0, 0.05) is 38.9 Å². The number of aromatic nitrogens is 2. The molecule has 0 aliphatic carbocycles. The fraction of sp³-hybridized carbons (Fsp3) is 0.625. The Morgan fingerprint density at radius 2 is 2.25 bits per heavy atom. The molecule has 0 amide bonds. The molecule has 0 aliphatic heterocycles. The van der Waals surface area contributed by atoms with Crippen molar-refractivity contribution < 1.29 is 0 Å². The molecule has 68 valence electrons. The molecule has 12 heavy (non-hydrogen) atoms. The quantitative estimate of drug-likeness (QED) is 0.669. The fourth-order valence-corrected chi connectivity index (χ4v) is 1.13. The molecule has 1 rings (SSSR count). The summed E-state index contributed by atoms with van der Waals surface area (Å²) < 4.78 is 1.81. The molecule has 0 aliphatic rings. The van der Waals surface area contributed by atoms with Crippen molar-refractivity contribution in [1.82, 2.24) is 20.2 Å². The third kappa shape index (κ3) is 2.32. The monoisotopic (exact) mass is 168 g/mol. The topological polar surface area (TPSA) is 33.1 Å². The lowest BCUT2D eigenvalue weighted by Gasteiger charge is -2.17. The van der Waals surface area contributed by atoms with Crippen LogP contribution in [-0.2, 0) is 7.05 Å². The molecule has 1 aromatic rings. The lowest BCUT2D eigenvalue weighted by atomic mass is 10.2. The second kappa shape index (κ2) is 3.69. The molecule has 1 atom stereocenters. The average molecular weight is 168 g/mol. The average Bonchev–Trinajstić information content (AvgIpc) is 2.34. The van der Waals surface area contributed by atoms with Crippen LogP contribution in [0.15, 0.2) is 12.4 Å². The van der Waals surface area contributed by atoms with Crippen LogP contribution in [0.3, 0.4) is 0 Å². The fourth-order valence-electron chi connectivity index (χ4n) is 1.13. The molecule has 0 aromatic carbocycles. The molecule has 4 heteroatoms. The molecule has 0 radical (unpaired) electrons. The van der Waals surface area contributed by atoms with Gasteiger partial charge in [-0.1, -0.05) is 0 Å². The van der Waals surface area contributed by atoms with Crippen LogP contribution < -0.4 is 5.43 Å². The maximum atomic E-state index is 4.10. The van der Waals surface area contributed by atoms with E-state index >= 15 is 0 Å². The van der Waals surface area contributed by atoms with Gasteiger partial charge in [0.15, 0.2) is 0 Å². The highest BCUT2D eigenvalue weighted by atomic mass is 15.5. The third-order valence-corrected chi connectivity index (χ3v) is 1.68. The minimum atomic E-state index is 0.314. The van der Waals surface area contributed by atoms with Crippen LogP contribution in [0.5, 0.6) is 0 Å². The number of nitrogens with zero attached hydrogens (tertiary/aromatic N) is 3. The summed E-state index contributed by atoms with van der Waals surface area (Å²) >= 11 is 0. The molecule has 0 fully saturated rings. The number of hydrazine groups is 1. The van der Waals surface area contributed by atoms with E-state index in [9.17, 15) is 0 Å². The zero-order valence-electron chi connectivity index (χ0n) is 8.07. The first-order valence-corrected chi connectivity index (χ1v) is 4.01. The zero-order chi connectivity index (χ0) is 9.14. The molecular weight excluding hydrogens is 152 g/mol. The Bertz CT molecular complexity index is 241. The first kappa shape index (κ1) is 9.22. The molecule has 0 saturated heterocycles. The molecule has 1 heterocycles. The Labute approximate surface area is 73.1 Å². The van der Waals surface area contributed by atoms with Crippen molar-refractivity contribution in [2.45, 2.75) is 13.0 Å². The number of hydrogen-bond donors (Lipinski definition) is 1. The van der Waals surface area contributed by atoms with E-state index in [0.29, 0.717) is 6.04 Å². The van der Waals surface area contributed by atoms with Gasteiger partial charge in [-0.15, -0.1) is 0 Å². The van der Waals surface area contributed by atoms with Gasteiger partial charge < -0.3 is 0 Å². The lowest BCUT2D eigenvalue weighted by Crippen LogP contribution is -2.32. The van der Waals surface area contributed by atoms with E-state index in [4.69, 9.17) is 0 Å². The number of aryl methyl sites for hydroxylation is 1. The second-order valence-corrected chi connectivity index (χ2v) is 3.19. The van der Waals surface area contributed by atoms with Crippen molar-refractivity contribution in [3.05, 3.63) is 18.0 Å². The predicted octanol–water partition coefficient (Wildman–Crippen LogP) is 0.547. The van der Waals surface area contributed by atoms with Crippen LogP contribution in [0.4, 0.5) is 0 Å². The van der Waals surface area contributed by atoms with Crippen molar-refractivity contribution in [3.63, 3.8) is 0 Å². The first-order valence-electron chi connectivity index (χ1n) is 4.01. The lowest BCUT2D eigenvalue weighted by molar-refractivity contribution is 0.252. The van der Waals surface area contributed by atoms with Gasteiger partial charge in [0.05, 0.1) is 6.20 Å². The molecule has 1 unspecified atom stereocenters. The smallest absolute Gasteiger partial charge is 0.0537 e. The summed E-state index contributed by atoms with van der Waals surface area (Å²) in [4.78, 5) is 0. The van der Waals surface area contributed by atoms with E-state index in [2.05, 4.69) is 17.4 Å². The largest absolute Gasteiger partial charge is 0.275 e. The van der Waals surface area contributed by atoms with Crippen molar-refractivity contribution in [1.29, 1.82) is 0 Å². The standard InChI is InChI=1S/C8H16N4/c1-7(10-11(2)3)8-5-9-12(4)6-8/h5-7,10H,1-4H3. The molecule has 1 N–H and O–H groups in total. The molecule has 0 bridgehead atoms. The van der Waals surface area contributed by atoms with Gasteiger partial charge in [-0.2, -0.15) is 5.10 Å². The second-order valence-electron chi connectivity index (χ2n) is 3.19. The Balaban J connectivity index is 2.58. The summed E-state index contributed by atoms with van der Waals surface area (Å²) in [5.41, 5.74) is 4.45. The summed E-state index contributed by atoms with van der Waals surface area (Å²) in [5, 5.41) is 6.05. The normalized spacial score (nSPS) is 13.8. The van der Waals surface area contributed by atoms with Gasteiger partial charge >= 0.3 is 0 Å². The minimum Gasteiger partial charge on any atom is -0.275 e. The van der Waals surface area contributed by atoms with Gasteiger partial charge in [-0.25, -0.2) is 5.43 Å². The van der Waals surface area contributed by atoms with E-state index < -0.39 is 0 Å². The SMILES string of the molecule is CC(NN(C)C)c1cnn(C)c1. The van der Waals surface area contributed by atoms with E-state index in [1.807, 2.05) is 43.2 Å². The van der Waals surface area contributed by atoms with Crippen LogP contribution in [-0.4, -0.2) is 28.9 Å². The summed E-state index contributed by atoms with van der Waals surface area (Å²) in [5.74, 6) is 0. The summed E-state index contributed by atoms with van der Waals surface area (Å²) in [7, 11) is 5.88. The van der Waals surface area contributed by atoms with Crippen LogP contribution in [0, 0.1) is 0 Å².